The lowest BCUT2D eigenvalue weighted by molar-refractivity contribution is -0.116. The maximum Gasteiger partial charge on any atom is 0.225 e. The van der Waals surface area contributed by atoms with Gasteiger partial charge in [-0.15, -0.1) is 0 Å². The average molecular weight is 273 g/mol. The average Bonchev–Trinajstić information content (AvgIpc) is 2.82. The summed E-state index contributed by atoms with van der Waals surface area (Å²) in [6, 6.07) is 9.89. The highest BCUT2D eigenvalue weighted by Crippen LogP contribution is 2.14. The van der Waals surface area contributed by atoms with Crippen LogP contribution in [0, 0.1) is 6.92 Å². The lowest BCUT2D eigenvalue weighted by Gasteiger charge is -2.12. The van der Waals surface area contributed by atoms with E-state index in [1.807, 2.05) is 43.3 Å². The number of nitrogens with zero attached hydrogens (tertiary/aromatic N) is 2. The Balaban J connectivity index is 1.83. The third kappa shape index (κ3) is 3.85. The molecule has 0 fully saturated rings. The number of carbonyl (C=O) groups excluding carboxylic acids is 1. The molecule has 1 aromatic heterocycles. The summed E-state index contributed by atoms with van der Waals surface area (Å²) in [6.07, 6.45) is 1.13. The predicted molar refractivity (Wildman–Crippen MR) is 79.0 cm³/mol. The van der Waals surface area contributed by atoms with Gasteiger partial charge in [0.15, 0.2) is 5.82 Å². The second-order valence-electron chi connectivity index (χ2n) is 4.93. The SMILES string of the molecule is Cc1cc(NC(=O)CCc2ccc(N(C)C)cc2)no1. The fraction of sp³-hybridized carbons (Fsp3) is 0.333. The molecule has 2 rings (SSSR count). The maximum absolute atomic E-state index is 11.8. The van der Waals surface area contributed by atoms with E-state index in [-0.39, 0.29) is 5.91 Å². The normalized spacial score (nSPS) is 10.3. The van der Waals surface area contributed by atoms with Crippen molar-refractivity contribution in [3.8, 4) is 0 Å². The Kier molecular flexibility index (Phi) is 4.40. The summed E-state index contributed by atoms with van der Waals surface area (Å²) in [5.41, 5.74) is 2.29. The summed E-state index contributed by atoms with van der Waals surface area (Å²) in [7, 11) is 4.00. The van der Waals surface area contributed by atoms with Crippen molar-refractivity contribution in [2.45, 2.75) is 19.8 Å². The maximum atomic E-state index is 11.8. The van der Waals surface area contributed by atoms with Gasteiger partial charge < -0.3 is 14.7 Å². The van der Waals surface area contributed by atoms with Crippen molar-refractivity contribution in [1.29, 1.82) is 0 Å². The molecule has 0 aliphatic carbocycles. The van der Waals surface area contributed by atoms with Crippen molar-refractivity contribution >= 4 is 17.4 Å². The summed E-state index contributed by atoms with van der Waals surface area (Å²) >= 11 is 0. The number of carbonyl (C=O) groups is 1. The van der Waals surface area contributed by atoms with Crippen molar-refractivity contribution < 1.29 is 9.32 Å². The number of aromatic nitrogens is 1. The van der Waals surface area contributed by atoms with Gasteiger partial charge in [-0.3, -0.25) is 4.79 Å². The molecule has 1 aromatic carbocycles. The molecule has 5 nitrogen and oxygen atoms in total. The molecule has 2 aromatic rings. The van der Waals surface area contributed by atoms with Crippen LogP contribution in [-0.2, 0) is 11.2 Å². The first-order valence-corrected chi connectivity index (χ1v) is 6.54. The molecule has 1 amide bonds. The first-order valence-electron chi connectivity index (χ1n) is 6.54. The first kappa shape index (κ1) is 14.1. The van der Waals surface area contributed by atoms with E-state index in [0.717, 1.165) is 11.3 Å². The molecular formula is C15H19N3O2. The van der Waals surface area contributed by atoms with Crippen LogP contribution in [0.1, 0.15) is 17.7 Å². The molecule has 0 radical (unpaired) electrons. The van der Waals surface area contributed by atoms with E-state index in [9.17, 15) is 4.79 Å². The molecule has 0 bridgehead atoms. The van der Waals surface area contributed by atoms with E-state index >= 15 is 0 Å². The highest BCUT2D eigenvalue weighted by Gasteiger charge is 2.06. The number of rotatable bonds is 5. The molecule has 1 heterocycles. The predicted octanol–water partition coefficient (Wildman–Crippen LogP) is 2.62. The molecule has 0 saturated heterocycles. The van der Waals surface area contributed by atoms with E-state index in [2.05, 4.69) is 10.5 Å². The van der Waals surface area contributed by atoms with Crippen LogP contribution in [0.15, 0.2) is 34.9 Å². The van der Waals surface area contributed by atoms with E-state index in [1.165, 1.54) is 0 Å². The van der Waals surface area contributed by atoms with Crippen LogP contribution in [0.2, 0.25) is 0 Å². The van der Waals surface area contributed by atoms with Crippen molar-refractivity contribution in [1.82, 2.24) is 5.16 Å². The van der Waals surface area contributed by atoms with Crippen molar-refractivity contribution in [2.24, 2.45) is 0 Å². The molecule has 1 N–H and O–H groups in total. The number of aryl methyl sites for hydroxylation is 2. The first-order chi connectivity index (χ1) is 9.54. The Morgan fingerprint density at radius 1 is 1.30 bits per heavy atom. The summed E-state index contributed by atoms with van der Waals surface area (Å²) in [4.78, 5) is 13.8. The minimum absolute atomic E-state index is 0.0602. The van der Waals surface area contributed by atoms with Crippen molar-refractivity contribution in [2.75, 3.05) is 24.3 Å². The van der Waals surface area contributed by atoms with Crippen LogP contribution in [0.5, 0.6) is 0 Å². The van der Waals surface area contributed by atoms with E-state index < -0.39 is 0 Å². The van der Waals surface area contributed by atoms with Crippen LogP contribution >= 0.6 is 0 Å². The number of hydrogen-bond acceptors (Lipinski definition) is 4. The summed E-state index contributed by atoms with van der Waals surface area (Å²) in [6.45, 7) is 1.79. The molecule has 106 valence electrons. The molecule has 0 aliphatic rings. The zero-order valence-electron chi connectivity index (χ0n) is 12.0. The number of anilines is 2. The second kappa shape index (κ2) is 6.23. The Hall–Kier alpha value is -2.30. The third-order valence-electron chi connectivity index (χ3n) is 2.99. The molecule has 0 saturated carbocycles. The van der Waals surface area contributed by atoms with Gasteiger partial charge >= 0.3 is 0 Å². The molecule has 0 spiro atoms. The monoisotopic (exact) mass is 273 g/mol. The van der Waals surface area contributed by atoms with E-state index in [4.69, 9.17) is 4.52 Å². The number of benzene rings is 1. The van der Waals surface area contributed by atoms with E-state index in [0.29, 0.717) is 24.4 Å². The molecule has 20 heavy (non-hydrogen) atoms. The fourth-order valence-corrected chi connectivity index (χ4v) is 1.85. The third-order valence-corrected chi connectivity index (χ3v) is 2.99. The van der Waals surface area contributed by atoms with Crippen LogP contribution < -0.4 is 10.2 Å². The largest absolute Gasteiger partial charge is 0.378 e. The van der Waals surface area contributed by atoms with Crippen molar-refractivity contribution in [3.63, 3.8) is 0 Å². The van der Waals surface area contributed by atoms with Gasteiger partial charge in [-0.1, -0.05) is 17.3 Å². The Labute approximate surface area is 118 Å². The molecule has 0 aliphatic heterocycles. The van der Waals surface area contributed by atoms with Crippen molar-refractivity contribution in [3.05, 3.63) is 41.7 Å². The van der Waals surface area contributed by atoms with Gasteiger partial charge in [0, 0.05) is 32.3 Å². The van der Waals surface area contributed by atoms with Gasteiger partial charge in [0.05, 0.1) is 0 Å². The lowest BCUT2D eigenvalue weighted by Crippen LogP contribution is -2.12. The van der Waals surface area contributed by atoms with Gasteiger partial charge in [0.1, 0.15) is 5.76 Å². The smallest absolute Gasteiger partial charge is 0.225 e. The summed E-state index contributed by atoms with van der Waals surface area (Å²) in [5.74, 6) is 1.09. The minimum Gasteiger partial charge on any atom is -0.378 e. The van der Waals surface area contributed by atoms with Gasteiger partial charge in [-0.2, -0.15) is 0 Å². The van der Waals surface area contributed by atoms with Gasteiger partial charge in [-0.25, -0.2) is 0 Å². The molecule has 5 heteroatoms. The van der Waals surface area contributed by atoms with E-state index in [1.54, 1.807) is 13.0 Å². The van der Waals surface area contributed by atoms with Crippen LogP contribution in [-0.4, -0.2) is 25.2 Å². The topological polar surface area (TPSA) is 58.4 Å². The van der Waals surface area contributed by atoms with Gasteiger partial charge in [0.25, 0.3) is 0 Å². The zero-order valence-corrected chi connectivity index (χ0v) is 12.0. The number of nitrogens with one attached hydrogen (secondary N) is 1. The fourth-order valence-electron chi connectivity index (χ4n) is 1.85. The molecule has 0 unspecified atom stereocenters. The Morgan fingerprint density at radius 2 is 2.00 bits per heavy atom. The Bertz CT molecular complexity index is 573. The van der Waals surface area contributed by atoms with Crippen LogP contribution in [0.3, 0.4) is 0 Å². The van der Waals surface area contributed by atoms with Gasteiger partial charge in [-0.05, 0) is 31.0 Å². The highest BCUT2D eigenvalue weighted by atomic mass is 16.5. The second-order valence-corrected chi connectivity index (χ2v) is 4.93. The van der Waals surface area contributed by atoms with Gasteiger partial charge in [0.2, 0.25) is 5.91 Å². The quantitative estimate of drug-likeness (QED) is 0.909. The van der Waals surface area contributed by atoms with Crippen LogP contribution in [0.4, 0.5) is 11.5 Å². The summed E-state index contributed by atoms with van der Waals surface area (Å²) < 4.78 is 4.89. The minimum atomic E-state index is -0.0602. The zero-order chi connectivity index (χ0) is 14.5. The number of amides is 1. The Morgan fingerprint density at radius 3 is 2.55 bits per heavy atom. The molecule has 0 atom stereocenters. The standard InChI is InChI=1S/C15H19N3O2/c1-11-10-14(17-20-11)16-15(19)9-6-12-4-7-13(8-5-12)18(2)3/h4-5,7-8,10H,6,9H2,1-3H3,(H,16,17,19). The van der Waals surface area contributed by atoms with Crippen LogP contribution in [0.25, 0.3) is 0 Å². The highest BCUT2D eigenvalue weighted by molar-refractivity contribution is 5.89. The molecular weight excluding hydrogens is 254 g/mol. The number of hydrogen-bond donors (Lipinski definition) is 1. The lowest BCUT2D eigenvalue weighted by atomic mass is 10.1. The summed E-state index contributed by atoms with van der Waals surface area (Å²) in [5, 5.41) is 6.44.